The molecule has 1 fully saturated rings. The number of anilines is 1. The number of carbonyl (C=O) groups is 1. The summed E-state index contributed by atoms with van der Waals surface area (Å²) in [5.41, 5.74) is 2.81. The zero-order valence-corrected chi connectivity index (χ0v) is 16.5. The quantitative estimate of drug-likeness (QED) is 0.499. The fourth-order valence-electron chi connectivity index (χ4n) is 3.36. The van der Waals surface area contributed by atoms with E-state index in [2.05, 4.69) is 14.9 Å². The molecule has 144 valence electrons. The van der Waals surface area contributed by atoms with E-state index >= 15 is 0 Å². The van der Waals surface area contributed by atoms with E-state index in [0.29, 0.717) is 24.0 Å². The van der Waals surface area contributed by atoms with Crippen LogP contribution in [0.25, 0.3) is 10.9 Å². The van der Waals surface area contributed by atoms with Crippen molar-refractivity contribution in [2.45, 2.75) is 12.1 Å². The number of carbonyl (C=O) groups excluding carboxylic acids is 1. The molecule has 7 heteroatoms. The largest absolute Gasteiger partial charge is 0.368 e. The van der Waals surface area contributed by atoms with Crippen molar-refractivity contribution in [1.29, 1.82) is 0 Å². The first-order valence-electron chi connectivity index (χ1n) is 9.24. The number of nitrogens with zero attached hydrogens (tertiary/aromatic N) is 4. The van der Waals surface area contributed by atoms with Crippen molar-refractivity contribution in [3.05, 3.63) is 60.0 Å². The summed E-state index contributed by atoms with van der Waals surface area (Å²) in [5.74, 6) is 0.188. The molecule has 0 saturated carbocycles. The molecule has 4 rings (SSSR count). The number of hydrogen-bond donors (Lipinski definition) is 0. The highest BCUT2D eigenvalue weighted by atomic mass is 32.2. The Morgan fingerprint density at radius 1 is 1.04 bits per heavy atom. The first kappa shape index (κ1) is 18.7. The van der Waals surface area contributed by atoms with Crippen molar-refractivity contribution < 1.29 is 9.18 Å². The second-order valence-corrected chi connectivity index (χ2v) is 7.68. The molecule has 0 N–H and O–H groups in total. The molecule has 1 aliphatic rings. The molecule has 3 aromatic rings. The molecule has 1 saturated heterocycles. The molecule has 1 aromatic heterocycles. The highest BCUT2D eigenvalue weighted by Gasteiger charge is 2.21. The smallest absolute Gasteiger partial charge is 0.233 e. The topological polar surface area (TPSA) is 49.3 Å². The SMILES string of the molecule is Cc1nc(SCC(=O)N2CCN(c3ccc(F)cc3)CC2)nc2ccccc12. The number of thioether (sulfide) groups is 1. The van der Waals surface area contributed by atoms with E-state index < -0.39 is 0 Å². The van der Waals surface area contributed by atoms with E-state index in [0.717, 1.165) is 35.4 Å². The van der Waals surface area contributed by atoms with Crippen molar-refractivity contribution >= 4 is 34.3 Å². The summed E-state index contributed by atoms with van der Waals surface area (Å²) in [7, 11) is 0. The predicted molar refractivity (Wildman–Crippen MR) is 110 cm³/mol. The van der Waals surface area contributed by atoms with Crippen molar-refractivity contribution in [2.75, 3.05) is 36.8 Å². The summed E-state index contributed by atoms with van der Waals surface area (Å²) in [4.78, 5) is 25.7. The lowest BCUT2D eigenvalue weighted by Gasteiger charge is -2.36. The van der Waals surface area contributed by atoms with Crippen LogP contribution in [0, 0.1) is 12.7 Å². The first-order valence-corrected chi connectivity index (χ1v) is 10.2. The Hall–Kier alpha value is -2.67. The van der Waals surface area contributed by atoms with Gasteiger partial charge in [-0.3, -0.25) is 4.79 Å². The van der Waals surface area contributed by atoms with E-state index in [1.807, 2.05) is 36.1 Å². The van der Waals surface area contributed by atoms with Gasteiger partial charge in [-0.15, -0.1) is 0 Å². The zero-order valence-electron chi connectivity index (χ0n) is 15.6. The Labute approximate surface area is 167 Å². The monoisotopic (exact) mass is 396 g/mol. The number of halogens is 1. The normalized spacial score (nSPS) is 14.5. The summed E-state index contributed by atoms with van der Waals surface area (Å²) in [6, 6.07) is 14.4. The maximum absolute atomic E-state index is 13.1. The van der Waals surface area contributed by atoms with Gasteiger partial charge in [0.05, 0.1) is 11.3 Å². The molecule has 1 aliphatic heterocycles. The molecule has 2 aromatic carbocycles. The Bertz CT molecular complexity index is 987. The van der Waals surface area contributed by atoms with Gasteiger partial charge in [-0.1, -0.05) is 30.0 Å². The van der Waals surface area contributed by atoms with E-state index in [-0.39, 0.29) is 11.7 Å². The van der Waals surface area contributed by atoms with Crippen LogP contribution < -0.4 is 4.90 Å². The minimum atomic E-state index is -0.235. The lowest BCUT2D eigenvalue weighted by Crippen LogP contribution is -2.49. The fourth-order valence-corrected chi connectivity index (χ4v) is 4.16. The average molecular weight is 396 g/mol. The molecule has 0 aliphatic carbocycles. The van der Waals surface area contributed by atoms with Crippen LogP contribution >= 0.6 is 11.8 Å². The number of hydrogen-bond acceptors (Lipinski definition) is 5. The van der Waals surface area contributed by atoms with Crippen LogP contribution in [0.1, 0.15) is 5.69 Å². The summed E-state index contributed by atoms with van der Waals surface area (Å²) >= 11 is 1.38. The van der Waals surface area contributed by atoms with E-state index in [1.54, 1.807) is 12.1 Å². The molecule has 28 heavy (non-hydrogen) atoms. The second-order valence-electron chi connectivity index (χ2n) is 6.74. The Balaban J connectivity index is 1.33. The van der Waals surface area contributed by atoms with Crippen LogP contribution in [-0.4, -0.2) is 52.7 Å². The van der Waals surface area contributed by atoms with E-state index in [9.17, 15) is 9.18 Å². The van der Waals surface area contributed by atoms with Crippen molar-refractivity contribution in [1.82, 2.24) is 14.9 Å². The van der Waals surface area contributed by atoms with Gasteiger partial charge in [-0.2, -0.15) is 0 Å². The van der Waals surface area contributed by atoms with Gasteiger partial charge >= 0.3 is 0 Å². The summed E-state index contributed by atoms with van der Waals surface area (Å²) in [6.45, 7) is 4.77. The first-order chi connectivity index (χ1) is 13.6. The molecule has 0 radical (unpaired) electrons. The Morgan fingerprint density at radius 2 is 1.75 bits per heavy atom. The third-order valence-electron chi connectivity index (χ3n) is 4.92. The number of piperazine rings is 1. The third kappa shape index (κ3) is 4.09. The van der Waals surface area contributed by atoms with Crippen LogP contribution in [0.4, 0.5) is 10.1 Å². The van der Waals surface area contributed by atoms with Gasteiger partial charge in [0, 0.05) is 42.9 Å². The minimum Gasteiger partial charge on any atom is -0.368 e. The van der Waals surface area contributed by atoms with Gasteiger partial charge in [0.15, 0.2) is 5.16 Å². The fraction of sp³-hybridized carbons (Fsp3) is 0.286. The number of aryl methyl sites for hydroxylation is 1. The average Bonchev–Trinajstić information content (AvgIpc) is 2.73. The van der Waals surface area contributed by atoms with Crippen molar-refractivity contribution in [3.8, 4) is 0 Å². The highest BCUT2D eigenvalue weighted by Crippen LogP contribution is 2.21. The summed E-state index contributed by atoms with van der Waals surface area (Å²) in [6.07, 6.45) is 0. The van der Waals surface area contributed by atoms with Crippen LogP contribution in [0.5, 0.6) is 0 Å². The molecule has 0 bridgehead atoms. The van der Waals surface area contributed by atoms with Crippen LogP contribution in [0.3, 0.4) is 0 Å². The molecule has 0 atom stereocenters. The predicted octanol–water partition coefficient (Wildman–Crippen LogP) is 3.52. The maximum Gasteiger partial charge on any atom is 0.233 e. The van der Waals surface area contributed by atoms with Gasteiger partial charge in [0.1, 0.15) is 5.82 Å². The number of amides is 1. The van der Waals surface area contributed by atoms with E-state index in [1.165, 1.54) is 23.9 Å². The number of para-hydroxylation sites is 1. The maximum atomic E-state index is 13.1. The second kappa shape index (κ2) is 8.14. The van der Waals surface area contributed by atoms with Crippen molar-refractivity contribution in [2.24, 2.45) is 0 Å². The lowest BCUT2D eigenvalue weighted by molar-refractivity contribution is -0.128. The number of fused-ring (bicyclic) bond motifs is 1. The molecular formula is C21H21FN4OS. The Kier molecular flexibility index (Phi) is 5.43. The number of rotatable bonds is 4. The van der Waals surface area contributed by atoms with Gasteiger partial charge in [0.25, 0.3) is 0 Å². The van der Waals surface area contributed by atoms with Crippen LogP contribution in [0.15, 0.2) is 53.7 Å². The number of benzene rings is 2. The standard InChI is InChI=1S/C21H21FN4OS/c1-15-18-4-2-3-5-19(18)24-21(23-15)28-14-20(27)26-12-10-25(11-13-26)17-8-6-16(22)7-9-17/h2-9H,10-14H2,1H3. The Morgan fingerprint density at radius 3 is 2.50 bits per heavy atom. The zero-order chi connectivity index (χ0) is 19.5. The summed E-state index contributed by atoms with van der Waals surface area (Å²) < 4.78 is 13.1. The van der Waals surface area contributed by atoms with Crippen LogP contribution in [-0.2, 0) is 4.79 Å². The molecule has 5 nitrogen and oxygen atoms in total. The lowest BCUT2D eigenvalue weighted by atomic mass is 10.2. The van der Waals surface area contributed by atoms with Crippen LogP contribution in [0.2, 0.25) is 0 Å². The molecule has 2 heterocycles. The molecule has 0 spiro atoms. The van der Waals surface area contributed by atoms with Crippen molar-refractivity contribution in [3.63, 3.8) is 0 Å². The highest BCUT2D eigenvalue weighted by molar-refractivity contribution is 7.99. The number of aromatic nitrogens is 2. The minimum absolute atomic E-state index is 0.0955. The van der Waals surface area contributed by atoms with Gasteiger partial charge in [-0.25, -0.2) is 14.4 Å². The van der Waals surface area contributed by atoms with E-state index in [4.69, 9.17) is 0 Å². The molecule has 0 unspecified atom stereocenters. The molecular weight excluding hydrogens is 375 g/mol. The third-order valence-corrected chi connectivity index (χ3v) is 5.75. The molecule has 1 amide bonds. The van der Waals surface area contributed by atoms with Gasteiger partial charge in [-0.05, 0) is 37.3 Å². The van der Waals surface area contributed by atoms with Gasteiger partial charge in [0.2, 0.25) is 5.91 Å². The summed E-state index contributed by atoms with van der Waals surface area (Å²) in [5, 5.41) is 1.67. The van der Waals surface area contributed by atoms with Gasteiger partial charge < -0.3 is 9.80 Å².